The number of hydrogen-bond donors (Lipinski definition) is 0. The monoisotopic (exact) mass is 206 g/mol. The van der Waals surface area contributed by atoms with Gasteiger partial charge in [0.2, 0.25) is 0 Å². The second-order valence-electron chi connectivity index (χ2n) is 4.43. The average Bonchev–Trinajstić information content (AvgIpc) is 2.15. The molecular weight excluding hydrogens is 188 g/mol. The topological polar surface area (TPSA) is 26.3 Å². The lowest BCUT2D eigenvalue weighted by atomic mass is 9.81. The SMILES string of the molecule is COC(=O)C(C)(C)c1ccc(C)cc1C. The highest BCUT2D eigenvalue weighted by Crippen LogP contribution is 2.28. The number of hydrogen-bond acceptors (Lipinski definition) is 2. The molecule has 0 fully saturated rings. The fourth-order valence-corrected chi connectivity index (χ4v) is 1.88. The molecule has 0 heterocycles. The van der Waals surface area contributed by atoms with E-state index >= 15 is 0 Å². The van der Waals surface area contributed by atoms with Crippen LogP contribution in [0.4, 0.5) is 0 Å². The fraction of sp³-hybridized carbons (Fsp3) is 0.462. The van der Waals surface area contributed by atoms with Gasteiger partial charge < -0.3 is 4.74 Å². The van der Waals surface area contributed by atoms with Crippen LogP contribution in [0.1, 0.15) is 30.5 Å². The van der Waals surface area contributed by atoms with Crippen LogP contribution >= 0.6 is 0 Å². The lowest BCUT2D eigenvalue weighted by Gasteiger charge is -2.24. The minimum Gasteiger partial charge on any atom is -0.468 e. The molecule has 2 heteroatoms. The Morgan fingerprint density at radius 2 is 1.87 bits per heavy atom. The van der Waals surface area contributed by atoms with Gasteiger partial charge in [-0.25, -0.2) is 0 Å². The van der Waals surface area contributed by atoms with Crippen LogP contribution in [0.2, 0.25) is 0 Å². The van der Waals surface area contributed by atoms with Gasteiger partial charge in [-0.3, -0.25) is 4.79 Å². The molecule has 0 amide bonds. The Hall–Kier alpha value is -1.31. The van der Waals surface area contributed by atoms with E-state index in [4.69, 9.17) is 4.74 Å². The Morgan fingerprint density at radius 3 is 2.33 bits per heavy atom. The number of benzene rings is 1. The summed E-state index contributed by atoms with van der Waals surface area (Å²) in [5.74, 6) is -0.200. The summed E-state index contributed by atoms with van der Waals surface area (Å²) in [6, 6.07) is 6.11. The van der Waals surface area contributed by atoms with Crippen molar-refractivity contribution in [3.05, 3.63) is 34.9 Å². The quantitative estimate of drug-likeness (QED) is 0.695. The normalized spacial score (nSPS) is 11.3. The Labute approximate surface area is 91.3 Å². The second kappa shape index (κ2) is 4.05. The summed E-state index contributed by atoms with van der Waals surface area (Å²) in [6.07, 6.45) is 0. The number of aryl methyl sites for hydroxylation is 2. The molecular formula is C13H18O2. The van der Waals surface area contributed by atoms with Gasteiger partial charge in [-0.05, 0) is 38.8 Å². The molecule has 1 aromatic rings. The molecule has 82 valence electrons. The van der Waals surface area contributed by atoms with Gasteiger partial charge in [0, 0.05) is 0 Å². The molecule has 0 saturated carbocycles. The molecule has 0 unspecified atom stereocenters. The summed E-state index contributed by atoms with van der Waals surface area (Å²) < 4.78 is 4.82. The van der Waals surface area contributed by atoms with Crippen LogP contribution in [0.15, 0.2) is 18.2 Å². The minimum absolute atomic E-state index is 0.200. The molecule has 0 aliphatic carbocycles. The number of esters is 1. The van der Waals surface area contributed by atoms with E-state index in [1.165, 1.54) is 12.7 Å². The van der Waals surface area contributed by atoms with E-state index in [9.17, 15) is 4.79 Å². The van der Waals surface area contributed by atoms with E-state index in [1.807, 2.05) is 39.8 Å². The van der Waals surface area contributed by atoms with Gasteiger partial charge in [0.05, 0.1) is 12.5 Å². The van der Waals surface area contributed by atoms with Crippen LogP contribution in [0.25, 0.3) is 0 Å². The van der Waals surface area contributed by atoms with E-state index in [1.54, 1.807) is 0 Å². The number of methoxy groups -OCH3 is 1. The maximum Gasteiger partial charge on any atom is 0.315 e. The summed E-state index contributed by atoms with van der Waals surface area (Å²) in [5.41, 5.74) is 2.79. The highest BCUT2D eigenvalue weighted by molar-refractivity contribution is 5.82. The van der Waals surface area contributed by atoms with Crippen molar-refractivity contribution in [3.63, 3.8) is 0 Å². The smallest absolute Gasteiger partial charge is 0.315 e. The van der Waals surface area contributed by atoms with E-state index in [0.29, 0.717) is 0 Å². The van der Waals surface area contributed by atoms with Gasteiger partial charge in [0.15, 0.2) is 0 Å². The molecule has 0 bridgehead atoms. The van der Waals surface area contributed by atoms with Crippen LogP contribution < -0.4 is 0 Å². The highest BCUT2D eigenvalue weighted by atomic mass is 16.5. The number of carbonyl (C=O) groups is 1. The molecule has 15 heavy (non-hydrogen) atoms. The van der Waals surface area contributed by atoms with Crippen LogP contribution in [0.5, 0.6) is 0 Å². The van der Waals surface area contributed by atoms with Crippen LogP contribution in [0.3, 0.4) is 0 Å². The maximum atomic E-state index is 11.6. The Morgan fingerprint density at radius 1 is 1.27 bits per heavy atom. The lowest BCUT2D eigenvalue weighted by Crippen LogP contribution is -2.31. The summed E-state index contributed by atoms with van der Waals surface area (Å²) in [6.45, 7) is 7.84. The summed E-state index contributed by atoms with van der Waals surface area (Å²) in [4.78, 5) is 11.6. The zero-order chi connectivity index (χ0) is 11.6. The molecule has 0 N–H and O–H groups in total. The van der Waals surface area contributed by atoms with Crippen LogP contribution in [-0.4, -0.2) is 13.1 Å². The van der Waals surface area contributed by atoms with Crippen molar-refractivity contribution in [1.29, 1.82) is 0 Å². The number of ether oxygens (including phenoxy) is 1. The molecule has 0 spiro atoms. The van der Waals surface area contributed by atoms with Crippen molar-refractivity contribution >= 4 is 5.97 Å². The van der Waals surface area contributed by atoms with Crippen molar-refractivity contribution < 1.29 is 9.53 Å². The molecule has 0 atom stereocenters. The zero-order valence-electron chi connectivity index (χ0n) is 10.0. The number of rotatable bonds is 2. The van der Waals surface area contributed by atoms with Crippen molar-refractivity contribution in [2.45, 2.75) is 33.1 Å². The van der Waals surface area contributed by atoms with Crippen molar-refractivity contribution in [3.8, 4) is 0 Å². The molecule has 2 nitrogen and oxygen atoms in total. The van der Waals surface area contributed by atoms with Gasteiger partial charge in [-0.15, -0.1) is 0 Å². The van der Waals surface area contributed by atoms with Gasteiger partial charge >= 0.3 is 5.97 Å². The molecule has 0 aliphatic rings. The standard InChI is InChI=1S/C13H18O2/c1-9-6-7-11(10(2)8-9)13(3,4)12(14)15-5/h6-8H,1-5H3. The van der Waals surface area contributed by atoms with Crippen molar-refractivity contribution in [1.82, 2.24) is 0 Å². The predicted octanol–water partition coefficient (Wildman–Crippen LogP) is 2.75. The first-order chi connectivity index (χ1) is 6.89. The molecule has 1 rings (SSSR count). The van der Waals surface area contributed by atoms with Gasteiger partial charge in [0.25, 0.3) is 0 Å². The highest BCUT2D eigenvalue weighted by Gasteiger charge is 2.31. The van der Waals surface area contributed by atoms with Crippen LogP contribution in [0, 0.1) is 13.8 Å². The zero-order valence-corrected chi connectivity index (χ0v) is 10.0. The van der Waals surface area contributed by atoms with E-state index < -0.39 is 5.41 Å². The molecule has 0 aliphatic heterocycles. The fourth-order valence-electron chi connectivity index (χ4n) is 1.88. The Bertz CT molecular complexity index is 378. The summed E-state index contributed by atoms with van der Waals surface area (Å²) in [5, 5.41) is 0. The third-order valence-electron chi connectivity index (χ3n) is 2.75. The first-order valence-electron chi connectivity index (χ1n) is 5.05. The number of carbonyl (C=O) groups excluding carboxylic acids is 1. The largest absolute Gasteiger partial charge is 0.468 e. The average molecular weight is 206 g/mol. The molecule has 0 radical (unpaired) electrons. The predicted molar refractivity (Wildman–Crippen MR) is 61.0 cm³/mol. The first-order valence-corrected chi connectivity index (χ1v) is 5.05. The molecule has 1 aromatic carbocycles. The lowest BCUT2D eigenvalue weighted by molar-refractivity contribution is -0.146. The second-order valence-corrected chi connectivity index (χ2v) is 4.43. The van der Waals surface area contributed by atoms with Gasteiger partial charge in [-0.1, -0.05) is 23.8 Å². The third kappa shape index (κ3) is 2.20. The summed E-state index contributed by atoms with van der Waals surface area (Å²) >= 11 is 0. The third-order valence-corrected chi connectivity index (χ3v) is 2.75. The Balaban J connectivity index is 3.21. The molecule has 0 saturated heterocycles. The van der Waals surface area contributed by atoms with Crippen molar-refractivity contribution in [2.24, 2.45) is 0 Å². The summed E-state index contributed by atoms with van der Waals surface area (Å²) in [7, 11) is 1.42. The minimum atomic E-state index is -0.577. The van der Waals surface area contributed by atoms with Gasteiger partial charge in [-0.2, -0.15) is 0 Å². The van der Waals surface area contributed by atoms with Crippen molar-refractivity contribution in [2.75, 3.05) is 7.11 Å². The molecule has 0 aromatic heterocycles. The first kappa shape index (κ1) is 11.8. The van der Waals surface area contributed by atoms with Gasteiger partial charge in [0.1, 0.15) is 0 Å². The van der Waals surface area contributed by atoms with Crippen LogP contribution in [-0.2, 0) is 14.9 Å². The van der Waals surface area contributed by atoms with E-state index in [2.05, 4.69) is 6.07 Å². The maximum absolute atomic E-state index is 11.6. The Kier molecular flexibility index (Phi) is 3.18. The van der Waals surface area contributed by atoms with E-state index in [0.717, 1.165) is 11.1 Å². The van der Waals surface area contributed by atoms with E-state index in [-0.39, 0.29) is 5.97 Å².